The van der Waals surface area contributed by atoms with E-state index in [1.54, 1.807) is 36.4 Å². The Balaban J connectivity index is 1.70. The van der Waals surface area contributed by atoms with Gasteiger partial charge in [0.2, 0.25) is 23.8 Å². The van der Waals surface area contributed by atoms with Crippen molar-refractivity contribution < 1.29 is 17.6 Å². The molecule has 0 N–H and O–H groups in total. The van der Waals surface area contributed by atoms with Gasteiger partial charge in [-0.25, -0.2) is 0 Å². The van der Waals surface area contributed by atoms with E-state index in [1.807, 2.05) is 37.3 Å². The standard InChI is InChI=1S/C28H18F4N4/c1-28(17-7-3-2-4-8-17,22-11-5-9-20(33-22)18-13-15-24(29)35-26(18)31)23-12-6-10-21(34-23)19-14-16-25(30)36-27(19)32/h2-16H,1H3. The fourth-order valence-corrected chi connectivity index (χ4v) is 4.13. The minimum absolute atomic E-state index is 0.0508. The van der Waals surface area contributed by atoms with Crippen LogP contribution in [0.2, 0.25) is 0 Å². The highest BCUT2D eigenvalue weighted by atomic mass is 19.1. The molecule has 5 rings (SSSR count). The van der Waals surface area contributed by atoms with Crippen LogP contribution in [0, 0.1) is 23.8 Å². The molecule has 0 aliphatic heterocycles. The van der Waals surface area contributed by atoms with Gasteiger partial charge in [-0.3, -0.25) is 9.97 Å². The van der Waals surface area contributed by atoms with E-state index in [9.17, 15) is 17.6 Å². The third kappa shape index (κ3) is 4.22. The molecule has 4 nitrogen and oxygen atoms in total. The molecule has 4 aromatic heterocycles. The first-order valence-corrected chi connectivity index (χ1v) is 11.0. The predicted molar refractivity (Wildman–Crippen MR) is 127 cm³/mol. The first-order valence-electron chi connectivity index (χ1n) is 11.0. The number of rotatable bonds is 5. The molecule has 0 saturated heterocycles. The molecule has 0 radical (unpaired) electrons. The summed E-state index contributed by atoms with van der Waals surface area (Å²) >= 11 is 0. The average Bonchev–Trinajstić information content (AvgIpc) is 2.89. The number of benzene rings is 1. The maximum absolute atomic E-state index is 14.4. The van der Waals surface area contributed by atoms with Crippen molar-refractivity contribution in [2.75, 3.05) is 0 Å². The van der Waals surface area contributed by atoms with Gasteiger partial charge >= 0.3 is 0 Å². The Kier molecular flexibility index (Phi) is 6.01. The lowest BCUT2D eigenvalue weighted by molar-refractivity contribution is 0.514. The largest absolute Gasteiger partial charge is 0.251 e. The summed E-state index contributed by atoms with van der Waals surface area (Å²) in [5, 5.41) is 0. The summed E-state index contributed by atoms with van der Waals surface area (Å²) in [4.78, 5) is 16.0. The number of aromatic nitrogens is 4. The topological polar surface area (TPSA) is 51.6 Å². The maximum atomic E-state index is 14.4. The van der Waals surface area contributed by atoms with Gasteiger partial charge in [-0.2, -0.15) is 27.5 Å². The van der Waals surface area contributed by atoms with Gasteiger partial charge in [-0.15, -0.1) is 0 Å². The van der Waals surface area contributed by atoms with Crippen molar-refractivity contribution in [1.82, 2.24) is 19.9 Å². The summed E-state index contributed by atoms with van der Waals surface area (Å²) in [5.41, 5.74) is 1.56. The molecule has 36 heavy (non-hydrogen) atoms. The van der Waals surface area contributed by atoms with Crippen LogP contribution in [-0.2, 0) is 5.41 Å². The van der Waals surface area contributed by atoms with Gasteiger partial charge in [-0.05, 0) is 61.0 Å². The zero-order valence-corrected chi connectivity index (χ0v) is 19.0. The molecule has 0 atom stereocenters. The normalized spacial score (nSPS) is 11.5. The van der Waals surface area contributed by atoms with Gasteiger partial charge < -0.3 is 0 Å². The van der Waals surface area contributed by atoms with Gasteiger partial charge in [-0.1, -0.05) is 42.5 Å². The lowest BCUT2D eigenvalue weighted by Gasteiger charge is -2.30. The van der Waals surface area contributed by atoms with Crippen molar-refractivity contribution in [3.8, 4) is 22.5 Å². The zero-order chi connectivity index (χ0) is 25.3. The molecule has 0 fully saturated rings. The minimum Gasteiger partial charge on any atom is -0.251 e. The van der Waals surface area contributed by atoms with Crippen LogP contribution >= 0.6 is 0 Å². The molecular weight excluding hydrogens is 468 g/mol. The molecule has 0 amide bonds. The summed E-state index contributed by atoms with van der Waals surface area (Å²) in [5.74, 6) is -3.80. The molecule has 1 aromatic carbocycles. The van der Waals surface area contributed by atoms with Crippen LogP contribution in [0.15, 0.2) is 91.0 Å². The summed E-state index contributed by atoms with van der Waals surface area (Å²) in [6, 6.07) is 24.3. The van der Waals surface area contributed by atoms with E-state index in [0.717, 1.165) is 17.7 Å². The zero-order valence-electron chi connectivity index (χ0n) is 19.0. The molecule has 0 aliphatic carbocycles. The highest BCUT2D eigenvalue weighted by molar-refractivity contribution is 5.61. The van der Waals surface area contributed by atoms with Crippen LogP contribution in [-0.4, -0.2) is 19.9 Å². The van der Waals surface area contributed by atoms with Crippen molar-refractivity contribution in [2.24, 2.45) is 0 Å². The third-order valence-corrected chi connectivity index (χ3v) is 6.06. The minimum atomic E-state index is -0.972. The van der Waals surface area contributed by atoms with E-state index in [1.165, 1.54) is 12.1 Å². The Bertz CT molecular complexity index is 1460. The van der Waals surface area contributed by atoms with Gasteiger partial charge in [0.05, 0.1) is 39.3 Å². The van der Waals surface area contributed by atoms with Gasteiger partial charge in [0.25, 0.3) is 0 Å². The molecule has 4 heterocycles. The Hall–Kier alpha value is -4.46. The second kappa shape index (κ2) is 9.30. The van der Waals surface area contributed by atoms with Crippen molar-refractivity contribution in [2.45, 2.75) is 12.3 Å². The van der Waals surface area contributed by atoms with Crippen molar-refractivity contribution >= 4 is 0 Å². The van der Waals surface area contributed by atoms with Gasteiger partial charge in [0, 0.05) is 0 Å². The van der Waals surface area contributed by atoms with Crippen LogP contribution in [0.25, 0.3) is 22.5 Å². The predicted octanol–water partition coefficient (Wildman–Crippen LogP) is 6.51. The molecule has 8 heteroatoms. The van der Waals surface area contributed by atoms with E-state index in [2.05, 4.69) is 9.97 Å². The fourth-order valence-electron chi connectivity index (χ4n) is 4.13. The van der Waals surface area contributed by atoms with E-state index in [0.29, 0.717) is 11.4 Å². The van der Waals surface area contributed by atoms with Gasteiger partial charge in [0.15, 0.2) is 0 Å². The highest BCUT2D eigenvalue weighted by Gasteiger charge is 2.35. The first-order chi connectivity index (χ1) is 17.4. The van der Waals surface area contributed by atoms with Crippen LogP contribution in [0.4, 0.5) is 17.6 Å². The van der Waals surface area contributed by atoms with Crippen LogP contribution in [0.3, 0.4) is 0 Å². The summed E-state index contributed by atoms with van der Waals surface area (Å²) in [7, 11) is 0. The van der Waals surface area contributed by atoms with Crippen LogP contribution < -0.4 is 0 Å². The van der Waals surface area contributed by atoms with E-state index >= 15 is 0 Å². The lowest BCUT2D eigenvalue weighted by Crippen LogP contribution is -2.28. The van der Waals surface area contributed by atoms with Crippen molar-refractivity contribution in [3.63, 3.8) is 0 Å². The smallest absolute Gasteiger partial charge is 0.224 e. The number of pyridine rings is 4. The molecule has 5 aromatic rings. The lowest BCUT2D eigenvalue weighted by atomic mass is 9.75. The third-order valence-electron chi connectivity index (χ3n) is 6.06. The van der Waals surface area contributed by atoms with Crippen LogP contribution in [0.5, 0.6) is 0 Å². The molecule has 0 saturated carbocycles. The van der Waals surface area contributed by atoms with Gasteiger partial charge in [0.1, 0.15) is 0 Å². The molecule has 0 aliphatic rings. The number of nitrogens with zero attached hydrogens (tertiary/aromatic N) is 4. The summed E-state index contributed by atoms with van der Waals surface area (Å²) in [6.07, 6.45) is 0. The number of halogens is 4. The quantitative estimate of drug-likeness (QED) is 0.210. The van der Waals surface area contributed by atoms with E-state index < -0.39 is 29.2 Å². The van der Waals surface area contributed by atoms with E-state index in [4.69, 9.17) is 9.97 Å². The molecule has 0 bridgehead atoms. The Morgan fingerprint density at radius 3 is 1.42 bits per heavy atom. The first kappa shape index (κ1) is 23.3. The van der Waals surface area contributed by atoms with Crippen molar-refractivity contribution in [3.05, 3.63) is 132 Å². The summed E-state index contributed by atoms with van der Waals surface area (Å²) < 4.78 is 55.6. The molecule has 0 unspecified atom stereocenters. The SMILES string of the molecule is CC(c1ccccc1)(c1cccc(-c2ccc(F)nc2F)n1)c1cccc(-c2ccc(F)nc2F)n1. The second-order valence-electron chi connectivity index (χ2n) is 8.25. The Labute approximate surface area is 204 Å². The monoisotopic (exact) mass is 486 g/mol. The summed E-state index contributed by atoms with van der Waals surface area (Å²) in [6.45, 7) is 1.90. The number of hydrogen-bond acceptors (Lipinski definition) is 4. The molecule has 0 spiro atoms. The molecule has 178 valence electrons. The average molecular weight is 486 g/mol. The highest BCUT2D eigenvalue weighted by Crippen LogP contribution is 2.38. The second-order valence-corrected chi connectivity index (χ2v) is 8.25. The van der Waals surface area contributed by atoms with Crippen LogP contribution in [0.1, 0.15) is 23.9 Å². The Morgan fingerprint density at radius 1 is 0.500 bits per heavy atom. The number of hydrogen-bond donors (Lipinski definition) is 0. The van der Waals surface area contributed by atoms with E-state index in [-0.39, 0.29) is 22.5 Å². The molecular formula is C28H18F4N4. The van der Waals surface area contributed by atoms with Crippen molar-refractivity contribution in [1.29, 1.82) is 0 Å². The Morgan fingerprint density at radius 2 is 0.972 bits per heavy atom. The maximum Gasteiger partial charge on any atom is 0.224 e. The fraction of sp³-hybridized carbons (Fsp3) is 0.0714.